The van der Waals surface area contributed by atoms with Gasteiger partial charge in [-0.05, 0) is 51.6 Å². The predicted octanol–water partition coefficient (Wildman–Crippen LogP) is 3.43. The smallest absolute Gasteiger partial charge is 0.367 e. The molecule has 2 N–H and O–H groups in total. The predicted molar refractivity (Wildman–Crippen MR) is 101 cm³/mol. The molecule has 1 aromatic heterocycles. The number of nitrogens with one attached hydrogen (secondary N) is 2. The molecule has 0 radical (unpaired) electrons. The lowest BCUT2D eigenvalue weighted by atomic mass is 9.98. The van der Waals surface area contributed by atoms with Crippen molar-refractivity contribution in [1.82, 2.24) is 20.0 Å². The monoisotopic (exact) mass is 401 g/mol. The molecule has 1 amide bonds. The summed E-state index contributed by atoms with van der Waals surface area (Å²) in [5.41, 5.74) is 0.173. The Kier molecular flexibility index (Phi) is 6.21. The maximum absolute atomic E-state index is 13.4. The molecule has 1 fully saturated rings. The summed E-state index contributed by atoms with van der Waals surface area (Å²) in [6.45, 7) is 8.62. The number of hydrogen-bond donors (Lipinski definition) is 2. The second-order valence-corrected chi connectivity index (χ2v) is 8.17. The zero-order valence-corrected chi connectivity index (χ0v) is 16.7. The van der Waals surface area contributed by atoms with Gasteiger partial charge in [0.15, 0.2) is 6.04 Å². The van der Waals surface area contributed by atoms with Crippen LogP contribution in [0, 0.1) is 5.92 Å². The minimum atomic E-state index is -4.40. The Hall–Kier alpha value is -1.77. The minimum absolute atomic E-state index is 0.0832. The van der Waals surface area contributed by atoms with E-state index in [1.807, 2.05) is 6.92 Å². The Bertz CT molecular complexity index is 682. The number of rotatable bonds is 5. The first kappa shape index (κ1) is 21.0. The molecule has 1 aromatic rings. The zero-order chi connectivity index (χ0) is 20.5. The quantitative estimate of drug-likeness (QED) is 0.794. The van der Waals surface area contributed by atoms with Gasteiger partial charge in [-0.2, -0.15) is 18.3 Å². The third-order valence-electron chi connectivity index (χ3n) is 6.05. The zero-order valence-electron chi connectivity index (χ0n) is 16.7. The van der Waals surface area contributed by atoms with Gasteiger partial charge in [0.2, 0.25) is 0 Å². The van der Waals surface area contributed by atoms with E-state index in [2.05, 4.69) is 34.5 Å². The number of piperidine rings is 1. The molecule has 3 atom stereocenters. The van der Waals surface area contributed by atoms with Crippen LogP contribution in [0.5, 0.6) is 0 Å². The van der Waals surface area contributed by atoms with Crippen molar-refractivity contribution in [3.8, 4) is 0 Å². The maximum atomic E-state index is 13.4. The lowest BCUT2D eigenvalue weighted by Crippen LogP contribution is -2.45. The van der Waals surface area contributed by atoms with Crippen molar-refractivity contribution in [1.29, 1.82) is 0 Å². The highest BCUT2D eigenvalue weighted by Crippen LogP contribution is 2.40. The highest BCUT2D eigenvalue weighted by atomic mass is 19.4. The van der Waals surface area contributed by atoms with Crippen molar-refractivity contribution < 1.29 is 18.0 Å². The Morgan fingerprint density at radius 2 is 2.07 bits per heavy atom. The van der Waals surface area contributed by atoms with Crippen LogP contribution in [-0.4, -0.2) is 58.5 Å². The fraction of sp³-hybridized carbons (Fsp3) is 0.789. The number of fused-ring (bicyclic) bond motifs is 1. The van der Waals surface area contributed by atoms with E-state index in [1.165, 1.54) is 6.20 Å². The molecule has 6 nitrogen and oxygen atoms in total. The van der Waals surface area contributed by atoms with Gasteiger partial charge in [-0.25, -0.2) is 4.68 Å². The summed E-state index contributed by atoms with van der Waals surface area (Å²) in [5.74, 6) is 0.511. The van der Waals surface area contributed by atoms with Crippen LogP contribution in [0.25, 0.3) is 0 Å². The number of amides is 1. The van der Waals surface area contributed by atoms with Gasteiger partial charge >= 0.3 is 6.18 Å². The molecule has 9 heteroatoms. The van der Waals surface area contributed by atoms with Gasteiger partial charge in [-0.3, -0.25) is 9.69 Å². The summed E-state index contributed by atoms with van der Waals surface area (Å²) in [6, 6.07) is -1.86. The number of carbonyl (C=O) groups is 1. The van der Waals surface area contributed by atoms with Crippen LogP contribution in [0.1, 0.15) is 62.9 Å². The van der Waals surface area contributed by atoms with E-state index in [9.17, 15) is 18.0 Å². The van der Waals surface area contributed by atoms with Gasteiger partial charge in [0.1, 0.15) is 11.4 Å². The molecule has 0 spiro atoms. The normalized spacial score (nSPS) is 25.1. The highest BCUT2D eigenvalue weighted by molar-refractivity contribution is 5.98. The number of anilines is 1. The number of hydrogen-bond acceptors (Lipinski definition) is 4. The number of carbonyl (C=O) groups excluding carboxylic acids is 1. The van der Waals surface area contributed by atoms with Crippen molar-refractivity contribution >= 4 is 11.7 Å². The number of halogens is 3. The SMILES string of the molecule is CC[C@H]1C[C@@H](C(F)(F)F)n2ncc(C(=O)NC[C@@H](C)N3CCC(C)CC3)c2N1. The highest BCUT2D eigenvalue weighted by Gasteiger charge is 2.46. The van der Waals surface area contributed by atoms with Crippen LogP contribution >= 0.6 is 0 Å². The summed E-state index contributed by atoms with van der Waals surface area (Å²) < 4.78 is 41.2. The van der Waals surface area contributed by atoms with E-state index in [1.54, 1.807) is 0 Å². The summed E-state index contributed by atoms with van der Waals surface area (Å²) in [6.07, 6.45) is -0.401. The Balaban J connectivity index is 1.67. The van der Waals surface area contributed by atoms with Crippen molar-refractivity contribution in [3.63, 3.8) is 0 Å². The number of likely N-dealkylation sites (tertiary alicyclic amines) is 1. The first-order valence-corrected chi connectivity index (χ1v) is 10.1. The molecule has 28 heavy (non-hydrogen) atoms. The van der Waals surface area contributed by atoms with Gasteiger partial charge in [-0.15, -0.1) is 0 Å². The molecule has 0 unspecified atom stereocenters. The molecule has 2 aliphatic rings. The third kappa shape index (κ3) is 4.45. The van der Waals surface area contributed by atoms with E-state index in [-0.39, 0.29) is 35.8 Å². The average molecular weight is 401 g/mol. The van der Waals surface area contributed by atoms with Gasteiger partial charge < -0.3 is 10.6 Å². The van der Waals surface area contributed by atoms with Crippen LogP contribution in [-0.2, 0) is 0 Å². The molecule has 2 aliphatic heterocycles. The van der Waals surface area contributed by atoms with E-state index in [4.69, 9.17) is 0 Å². The minimum Gasteiger partial charge on any atom is -0.367 e. The average Bonchev–Trinajstić information content (AvgIpc) is 3.08. The van der Waals surface area contributed by atoms with E-state index >= 15 is 0 Å². The first-order valence-electron chi connectivity index (χ1n) is 10.1. The van der Waals surface area contributed by atoms with Crippen LogP contribution < -0.4 is 10.6 Å². The number of alkyl halides is 3. The molecular formula is C19H30F3N5O. The lowest BCUT2D eigenvalue weighted by Gasteiger charge is -2.35. The third-order valence-corrected chi connectivity index (χ3v) is 6.05. The molecule has 0 saturated carbocycles. The molecule has 0 aromatic carbocycles. The topological polar surface area (TPSA) is 62.2 Å². The summed E-state index contributed by atoms with van der Waals surface area (Å²) in [4.78, 5) is 15.0. The molecule has 158 valence electrons. The maximum Gasteiger partial charge on any atom is 0.410 e. The van der Waals surface area contributed by atoms with Gasteiger partial charge in [0.05, 0.1) is 6.20 Å². The van der Waals surface area contributed by atoms with Crippen LogP contribution in [0.2, 0.25) is 0 Å². The van der Waals surface area contributed by atoms with Crippen molar-refractivity contribution in [2.45, 2.75) is 70.8 Å². The molecule has 3 rings (SSSR count). The fourth-order valence-electron chi connectivity index (χ4n) is 4.01. The number of aromatic nitrogens is 2. The van der Waals surface area contributed by atoms with Gasteiger partial charge in [-0.1, -0.05) is 13.8 Å². The fourth-order valence-corrected chi connectivity index (χ4v) is 4.01. The lowest BCUT2D eigenvalue weighted by molar-refractivity contribution is -0.173. The Labute approximate surface area is 163 Å². The van der Waals surface area contributed by atoms with Crippen LogP contribution in [0.15, 0.2) is 6.20 Å². The number of nitrogens with zero attached hydrogens (tertiary/aromatic N) is 3. The van der Waals surface area contributed by atoms with Crippen molar-refractivity contribution in [3.05, 3.63) is 11.8 Å². The Morgan fingerprint density at radius 3 is 2.68 bits per heavy atom. The van der Waals surface area contributed by atoms with E-state index in [0.717, 1.165) is 36.5 Å². The van der Waals surface area contributed by atoms with Crippen molar-refractivity contribution in [2.75, 3.05) is 25.0 Å². The first-order chi connectivity index (χ1) is 13.2. The second-order valence-electron chi connectivity index (χ2n) is 8.17. The van der Waals surface area contributed by atoms with Crippen LogP contribution in [0.3, 0.4) is 0 Å². The Morgan fingerprint density at radius 1 is 1.39 bits per heavy atom. The van der Waals surface area contributed by atoms with E-state index in [0.29, 0.717) is 13.0 Å². The molecule has 1 saturated heterocycles. The molecule has 0 bridgehead atoms. The largest absolute Gasteiger partial charge is 0.410 e. The molecule has 0 aliphatic carbocycles. The van der Waals surface area contributed by atoms with Crippen LogP contribution in [0.4, 0.5) is 19.0 Å². The molecular weight excluding hydrogens is 371 g/mol. The standard InChI is InChI=1S/C19H30F3N5O/c1-4-14-9-16(19(20,21)22)27-17(25-14)15(11-24-27)18(28)23-10-13(3)26-7-5-12(2)6-8-26/h11-14,16,25H,4-10H2,1-3H3,(H,23,28)/t13-,14+,16+/m1/s1. The second kappa shape index (κ2) is 8.31. The summed E-state index contributed by atoms with van der Waals surface area (Å²) in [7, 11) is 0. The van der Waals surface area contributed by atoms with E-state index < -0.39 is 12.2 Å². The van der Waals surface area contributed by atoms with Gasteiger partial charge in [0.25, 0.3) is 5.91 Å². The summed E-state index contributed by atoms with van der Waals surface area (Å²) >= 11 is 0. The van der Waals surface area contributed by atoms with Gasteiger partial charge in [0, 0.05) is 18.6 Å². The van der Waals surface area contributed by atoms with Crippen molar-refractivity contribution in [2.24, 2.45) is 5.92 Å². The summed E-state index contributed by atoms with van der Waals surface area (Å²) in [5, 5.41) is 9.82. The molecule has 3 heterocycles.